The highest BCUT2D eigenvalue weighted by molar-refractivity contribution is 7.98. The van der Waals surface area contributed by atoms with Gasteiger partial charge in [0.05, 0.1) is 11.9 Å². The normalized spacial score (nSPS) is 12.4. The molecule has 29 heavy (non-hydrogen) atoms. The van der Waals surface area contributed by atoms with Crippen molar-refractivity contribution in [3.63, 3.8) is 0 Å². The highest BCUT2D eigenvalue weighted by Gasteiger charge is 2.31. The van der Waals surface area contributed by atoms with Crippen molar-refractivity contribution >= 4 is 56.6 Å². The van der Waals surface area contributed by atoms with Gasteiger partial charge in [0.15, 0.2) is 0 Å². The Morgan fingerprint density at radius 3 is 2.38 bits per heavy atom. The molecule has 1 amide bonds. The molecule has 0 spiro atoms. The van der Waals surface area contributed by atoms with Crippen LogP contribution in [0.2, 0.25) is 10.0 Å². The van der Waals surface area contributed by atoms with Crippen LogP contribution in [0.25, 0.3) is 0 Å². The summed E-state index contributed by atoms with van der Waals surface area (Å²) in [6, 6.07) is 13.2. The first-order valence-electron chi connectivity index (χ1n) is 9.08. The zero-order valence-electron chi connectivity index (χ0n) is 16.3. The molecule has 1 N–H and O–H groups in total. The number of anilines is 1. The van der Waals surface area contributed by atoms with E-state index >= 15 is 0 Å². The van der Waals surface area contributed by atoms with Gasteiger partial charge in [-0.25, -0.2) is 8.42 Å². The lowest BCUT2D eigenvalue weighted by atomic mass is 10.2. The molecule has 0 heterocycles. The summed E-state index contributed by atoms with van der Waals surface area (Å²) in [5, 5.41) is 4.06. The fourth-order valence-corrected chi connectivity index (χ4v) is 5.29. The van der Waals surface area contributed by atoms with Crippen LogP contribution in [0.1, 0.15) is 18.9 Å². The minimum absolute atomic E-state index is 0.328. The zero-order valence-corrected chi connectivity index (χ0v) is 19.4. The fourth-order valence-electron chi connectivity index (χ4n) is 2.81. The summed E-state index contributed by atoms with van der Waals surface area (Å²) in [5.41, 5.74) is 1.45. The van der Waals surface area contributed by atoms with Gasteiger partial charge in [-0.05, 0) is 42.3 Å². The van der Waals surface area contributed by atoms with E-state index in [-0.39, 0.29) is 5.91 Å². The minimum Gasteiger partial charge on any atom is -0.353 e. The summed E-state index contributed by atoms with van der Waals surface area (Å²) in [5.74, 6) is 1.10. The van der Waals surface area contributed by atoms with Gasteiger partial charge in [0.2, 0.25) is 15.9 Å². The second kappa shape index (κ2) is 11.1. The van der Waals surface area contributed by atoms with Crippen LogP contribution >= 0.6 is 35.0 Å². The molecule has 0 radical (unpaired) electrons. The van der Waals surface area contributed by atoms with Crippen LogP contribution in [0, 0.1) is 0 Å². The molecule has 9 heteroatoms. The van der Waals surface area contributed by atoms with E-state index in [1.165, 1.54) is 0 Å². The highest BCUT2D eigenvalue weighted by atomic mass is 35.5. The van der Waals surface area contributed by atoms with Crippen molar-refractivity contribution in [2.24, 2.45) is 0 Å². The van der Waals surface area contributed by atoms with Gasteiger partial charge in [-0.3, -0.25) is 9.10 Å². The van der Waals surface area contributed by atoms with Gasteiger partial charge in [0, 0.05) is 28.1 Å². The number of benzene rings is 2. The quantitative estimate of drug-likeness (QED) is 0.511. The molecule has 158 valence electrons. The van der Waals surface area contributed by atoms with Crippen LogP contribution in [0.5, 0.6) is 0 Å². The van der Waals surface area contributed by atoms with E-state index in [0.29, 0.717) is 29.4 Å². The van der Waals surface area contributed by atoms with Crippen LogP contribution in [0.3, 0.4) is 0 Å². The molecule has 0 fully saturated rings. The van der Waals surface area contributed by atoms with Crippen molar-refractivity contribution in [2.75, 3.05) is 22.9 Å². The summed E-state index contributed by atoms with van der Waals surface area (Å²) in [7, 11) is -3.65. The Labute approximate surface area is 186 Å². The number of carbonyl (C=O) groups excluding carboxylic acids is 1. The first-order chi connectivity index (χ1) is 13.7. The van der Waals surface area contributed by atoms with Gasteiger partial charge in [0.25, 0.3) is 0 Å². The van der Waals surface area contributed by atoms with Crippen molar-refractivity contribution in [1.82, 2.24) is 5.32 Å². The SMILES string of the molecule is CC[C@@H](C(=O)NCCSCc1ccccc1Cl)N(c1ccc(Cl)cc1)S(C)(=O)=O. The number of rotatable bonds is 10. The Morgan fingerprint density at radius 1 is 1.14 bits per heavy atom. The molecule has 1 atom stereocenters. The maximum Gasteiger partial charge on any atom is 0.243 e. The highest BCUT2D eigenvalue weighted by Crippen LogP contribution is 2.24. The van der Waals surface area contributed by atoms with E-state index in [2.05, 4.69) is 5.32 Å². The van der Waals surface area contributed by atoms with E-state index < -0.39 is 16.1 Å². The molecule has 0 aliphatic carbocycles. The minimum atomic E-state index is -3.65. The Hall–Kier alpha value is -1.41. The molecular weight excluding hydrogens is 451 g/mol. The molecule has 0 aliphatic rings. The molecule has 2 rings (SSSR count). The average Bonchev–Trinajstić information content (AvgIpc) is 2.67. The predicted molar refractivity (Wildman–Crippen MR) is 123 cm³/mol. The third-order valence-corrected chi connectivity index (χ3v) is 6.98. The van der Waals surface area contributed by atoms with Gasteiger partial charge in [-0.2, -0.15) is 11.8 Å². The van der Waals surface area contributed by atoms with Crippen LogP contribution in [0.15, 0.2) is 48.5 Å². The zero-order chi connectivity index (χ0) is 21.4. The third kappa shape index (κ3) is 7.10. The summed E-state index contributed by atoms with van der Waals surface area (Å²) in [4.78, 5) is 12.7. The number of carbonyl (C=O) groups is 1. The first kappa shape index (κ1) is 23.9. The van der Waals surface area contributed by atoms with E-state index in [0.717, 1.165) is 26.9 Å². The summed E-state index contributed by atoms with van der Waals surface area (Å²) < 4.78 is 25.9. The Bertz CT molecular complexity index is 922. The van der Waals surface area contributed by atoms with Gasteiger partial charge in [-0.15, -0.1) is 0 Å². The summed E-state index contributed by atoms with van der Waals surface area (Å²) in [6.07, 6.45) is 1.44. The number of amides is 1. The van der Waals surface area contributed by atoms with E-state index in [4.69, 9.17) is 23.2 Å². The molecule has 0 saturated carbocycles. The lowest BCUT2D eigenvalue weighted by Gasteiger charge is -2.30. The van der Waals surface area contributed by atoms with Crippen molar-refractivity contribution in [3.05, 3.63) is 64.1 Å². The molecule has 2 aromatic carbocycles. The maximum atomic E-state index is 12.7. The van der Waals surface area contributed by atoms with Gasteiger partial charge < -0.3 is 5.32 Å². The Kier molecular flexibility index (Phi) is 9.14. The lowest BCUT2D eigenvalue weighted by molar-refractivity contribution is -0.122. The Balaban J connectivity index is 1.97. The standard InChI is InChI=1S/C20H24Cl2N2O3S2/c1-3-19(24(29(2,26)27)17-10-8-16(21)9-11-17)20(25)23-12-13-28-14-15-6-4-5-7-18(15)22/h4-11,19H,3,12-14H2,1-2H3,(H,23,25)/t19-/m0/s1. The number of nitrogens with one attached hydrogen (secondary N) is 1. The number of thioether (sulfide) groups is 1. The van der Waals surface area contributed by atoms with Crippen LogP contribution < -0.4 is 9.62 Å². The van der Waals surface area contributed by atoms with Crippen molar-refractivity contribution in [1.29, 1.82) is 0 Å². The molecular formula is C20H24Cl2N2O3S2. The van der Waals surface area contributed by atoms with Crippen LogP contribution in [-0.2, 0) is 20.6 Å². The van der Waals surface area contributed by atoms with Crippen molar-refractivity contribution < 1.29 is 13.2 Å². The summed E-state index contributed by atoms with van der Waals surface area (Å²) >= 11 is 13.7. The number of nitrogens with zero attached hydrogens (tertiary/aromatic N) is 1. The van der Waals surface area contributed by atoms with E-state index in [9.17, 15) is 13.2 Å². The average molecular weight is 475 g/mol. The molecule has 5 nitrogen and oxygen atoms in total. The number of sulfonamides is 1. The molecule has 0 aromatic heterocycles. The maximum absolute atomic E-state index is 12.7. The van der Waals surface area contributed by atoms with Crippen LogP contribution in [0.4, 0.5) is 5.69 Å². The molecule has 0 saturated heterocycles. The molecule has 0 aliphatic heterocycles. The van der Waals surface area contributed by atoms with E-state index in [1.54, 1.807) is 43.0 Å². The number of hydrogen-bond donors (Lipinski definition) is 1. The topological polar surface area (TPSA) is 66.5 Å². The third-order valence-electron chi connectivity index (χ3n) is 4.17. The number of halogens is 2. The lowest BCUT2D eigenvalue weighted by Crippen LogP contribution is -2.49. The first-order valence-corrected chi connectivity index (χ1v) is 12.8. The smallest absolute Gasteiger partial charge is 0.243 e. The molecule has 0 bridgehead atoms. The molecule has 2 aromatic rings. The summed E-state index contributed by atoms with van der Waals surface area (Å²) in [6.45, 7) is 2.22. The predicted octanol–water partition coefficient (Wildman–Crippen LogP) is 4.59. The second-order valence-corrected chi connectivity index (χ2v) is 10.2. The van der Waals surface area contributed by atoms with E-state index in [1.807, 2.05) is 24.3 Å². The molecule has 0 unspecified atom stereocenters. The largest absolute Gasteiger partial charge is 0.353 e. The van der Waals surface area contributed by atoms with Gasteiger partial charge in [0.1, 0.15) is 6.04 Å². The monoisotopic (exact) mass is 474 g/mol. The second-order valence-electron chi connectivity index (χ2n) is 6.39. The number of hydrogen-bond acceptors (Lipinski definition) is 4. The van der Waals surface area contributed by atoms with Gasteiger partial charge in [-0.1, -0.05) is 48.3 Å². The van der Waals surface area contributed by atoms with Crippen molar-refractivity contribution in [3.8, 4) is 0 Å². The fraction of sp³-hybridized carbons (Fsp3) is 0.350. The van der Waals surface area contributed by atoms with Gasteiger partial charge >= 0.3 is 0 Å². The van der Waals surface area contributed by atoms with Crippen LogP contribution in [-0.4, -0.2) is 38.9 Å². The Morgan fingerprint density at radius 2 is 1.79 bits per heavy atom. The van der Waals surface area contributed by atoms with Crippen molar-refractivity contribution in [2.45, 2.75) is 25.1 Å².